The van der Waals surface area contributed by atoms with E-state index >= 15 is 0 Å². The van der Waals surface area contributed by atoms with E-state index in [1.165, 1.54) is 0 Å². The average molecular weight is 568 g/mol. The topological polar surface area (TPSA) is 108 Å². The molecule has 1 fully saturated rings. The van der Waals surface area contributed by atoms with Crippen LogP contribution in [0, 0.1) is 0 Å². The summed E-state index contributed by atoms with van der Waals surface area (Å²) >= 11 is 6.03. The Balaban J connectivity index is 1.09. The van der Waals surface area contributed by atoms with Crippen molar-refractivity contribution in [3.63, 3.8) is 0 Å². The summed E-state index contributed by atoms with van der Waals surface area (Å²) in [6.07, 6.45) is 7.30. The third-order valence-corrected chi connectivity index (χ3v) is 7.76. The number of amides is 1. The van der Waals surface area contributed by atoms with Crippen molar-refractivity contribution in [2.24, 2.45) is 0 Å². The van der Waals surface area contributed by atoms with Crippen LogP contribution in [-0.2, 0) is 12.0 Å². The molecule has 2 aromatic carbocycles. The number of carbonyl (C=O) groups is 1. The first-order valence-corrected chi connectivity index (χ1v) is 14.0. The van der Waals surface area contributed by atoms with E-state index in [0.29, 0.717) is 49.0 Å². The number of nitrogens with one attached hydrogen (secondary N) is 2. The Bertz CT molecular complexity index is 1630. The number of rotatable bonds is 8. The molecule has 0 atom stereocenters. The van der Waals surface area contributed by atoms with Gasteiger partial charge >= 0.3 is 0 Å². The molecule has 1 aliphatic rings. The first-order chi connectivity index (χ1) is 20.0. The lowest BCUT2D eigenvalue weighted by Gasteiger charge is -2.39. The van der Waals surface area contributed by atoms with Crippen LogP contribution in [0.3, 0.4) is 0 Å². The SMILES string of the molecule is O=C(NCCc1ccncc1)c1ccc(Nc2nc3c(N4CCC(O)(c5ccc(Cl)cc5)CC4)cccn3n2)cc1. The first-order valence-electron chi connectivity index (χ1n) is 13.6. The lowest BCUT2D eigenvalue weighted by molar-refractivity contribution is 0.0118. The fraction of sp³-hybridized carbons (Fsp3) is 0.226. The molecule has 0 aliphatic carbocycles. The normalized spacial score (nSPS) is 14.6. The van der Waals surface area contributed by atoms with Gasteiger partial charge in [0.05, 0.1) is 11.3 Å². The summed E-state index contributed by atoms with van der Waals surface area (Å²) in [6, 6.07) is 22.5. The van der Waals surface area contributed by atoms with Crippen LogP contribution in [0.2, 0.25) is 5.02 Å². The van der Waals surface area contributed by atoms with Gasteiger partial charge in [-0.3, -0.25) is 9.78 Å². The second kappa shape index (κ2) is 11.6. The fourth-order valence-corrected chi connectivity index (χ4v) is 5.29. The molecule has 1 amide bonds. The molecule has 4 heterocycles. The van der Waals surface area contributed by atoms with Gasteiger partial charge in [-0.1, -0.05) is 23.7 Å². The first kappa shape index (κ1) is 26.7. The molecular formula is C31H30ClN7O2. The third kappa shape index (κ3) is 6.01. The quantitative estimate of drug-likeness (QED) is 0.243. The Hall–Kier alpha value is -4.47. The lowest BCUT2D eigenvalue weighted by Crippen LogP contribution is -2.42. The van der Waals surface area contributed by atoms with E-state index in [-0.39, 0.29) is 5.91 Å². The van der Waals surface area contributed by atoms with E-state index in [1.54, 1.807) is 29.0 Å². The zero-order chi connectivity index (χ0) is 28.2. The van der Waals surface area contributed by atoms with Crippen molar-refractivity contribution in [3.05, 3.63) is 113 Å². The van der Waals surface area contributed by atoms with Crippen molar-refractivity contribution < 1.29 is 9.90 Å². The second-order valence-corrected chi connectivity index (χ2v) is 10.6. The van der Waals surface area contributed by atoms with Gasteiger partial charge in [0.25, 0.3) is 5.91 Å². The summed E-state index contributed by atoms with van der Waals surface area (Å²) in [6.45, 7) is 1.91. The molecule has 0 bridgehead atoms. The summed E-state index contributed by atoms with van der Waals surface area (Å²) in [5.41, 5.74) is 4.20. The molecule has 41 heavy (non-hydrogen) atoms. The van der Waals surface area contributed by atoms with E-state index < -0.39 is 5.60 Å². The molecule has 9 nitrogen and oxygen atoms in total. The molecule has 0 radical (unpaired) electrons. The van der Waals surface area contributed by atoms with Crippen LogP contribution < -0.4 is 15.5 Å². The highest BCUT2D eigenvalue weighted by Gasteiger charge is 2.34. The summed E-state index contributed by atoms with van der Waals surface area (Å²) in [4.78, 5) is 23.5. The number of hydrogen-bond donors (Lipinski definition) is 3. The zero-order valence-electron chi connectivity index (χ0n) is 22.4. The molecule has 0 saturated carbocycles. The molecule has 1 saturated heterocycles. The van der Waals surface area contributed by atoms with Crippen LogP contribution >= 0.6 is 11.6 Å². The molecule has 3 N–H and O–H groups in total. The number of nitrogens with zero attached hydrogens (tertiary/aromatic N) is 5. The van der Waals surface area contributed by atoms with E-state index in [1.807, 2.05) is 66.9 Å². The predicted molar refractivity (Wildman–Crippen MR) is 160 cm³/mol. The average Bonchev–Trinajstić information content (AvgIpc) is 3.41. The van der Waals surface area contributed by atoms with Gasteiger partial charge in [-0.2, -0.15) is 4.98 Å². The van der Waals surface area contributed by atoms with Crippen LogP contribution in [0.4, 0.5) is 17.3 Å². The molecular weight excluding hydrogens is 538 g/mol. The van der Waals surface area contributed by atoms with Gasteiger partial charge in [-0.05, 0) is 91.1 Å². The maximum atomic E-state index is 12.5. The van der Waals surface area contributed by atoms with Gasteiger partial charge in [-0.15, -0.1) is 5.10 Å². The zero-order valence-corrected chi connectivity index (χ0v) is 23.1. The largest absolute Gasteiger partial charge is 0.385 e. The molecule has 208 valence electrons. The molecule has 0 unspecified atom stereocenters. The van der Waals surface area contributed by atoms with E-state index in [9.17, 15) is 9.90 Å². The summed E-state index contributed by atoms with van der Waals surface area (Å²) in [5.74, 6) is 0.340. The summed E-state index contributed by atoms with van der Waals surface area (Å²) in [5, 5.41) is 22.7. The number of aromatic nitrogens is 4. The third-order valence-electron chi connectivity index (χ3n) is 7.51. The van der Waals surface area contributed by atoms with Crippen molar-refractivity contribution in [1.29, 1.82) is 0 Å². The van der Waals surface area contributed by atoms with Crippen LogP contribution in [-0.4, -0.2) is 50.2 Å². The van der Waals surface area contributed by atoms with Gasteiger partial charge in [0.1, 0.15) is 0 Å². The number of pyridine rings is 2. The van der Waals surface area contributed by atoms with Gasteiger partial charge in [-0.25, -0.2) is 4.52 Å². The lowest BCUT2D eigenvalue weighted by atomic mass is 9.84. The highest BCUT2D eigenvalue weighted by atomic mass is 35.5. The van der Waals surface area contributed by atoms with Crippen LogP contribution in [0.1, 0.15) is 34.3 Å². The maximum Gasteiger partial charge on any atom is 0.251 e. The smallest absolute Gasteiger partial charge is 0.251 e. The Morgan fingerprint density at radius 1 is 0.976 bits per heavy atom. The van der Waals surface area contributed by atoms with E-state index in [2.05, 4.69) is 25.6 Å². The second-order valence-electron chi connectivity index (χ2n) is 10.2. The number of anilines is 3. The molecule has 3 aromatic heterocycles. The van der Waals surface area contributed by atoms with Gasteiger partial charge in [0, 0.05) is 54.5 Å². The monoisotopic (exact) mass is 567 g/mol. The van der Waals surface area contributed by atoms with Crippen molar-refractivity contribution in [2.45, 2.75) is 24.9 Å². The summed E-state index contributed by atoms with van der Waals surface area (Å²) in [7, 11) is 0. The number of aliphatic hydroxyl groups is 1. The number of fused-ring (bicyclic) bond motifs is 1. The molecule has 1 aliphatic heterocycles. The number of piperidine rings is 1. The Labute approximate surface area is 242 Å². The molecule has 10 heteroatoms. The fourth-order valence-electron chi connectivity index (χ4n) is 5.16. The minimum atomic E-state index is -0.880. The van der Waals surface area contributed by atoms with Gasteiger partial charge < -0.3 is 20.6 Å². The highest BCUT2D eigenvalue weighted by Crippen LogP contribution is 2.36. The number of benzene rings is 2. The van der Waals surface area contributed by atoms with Crippen LogP contribution in [0.15, 0.2) is 91.4 Å². The summed E-state index contributed by atoms with van der Waals surface area (Å²) < 4.78 is 1.75. The predicted octanol–water partition coefficient (Wildman–Crippen LogP) is 4.98. The van der Waals surface area contributed by atoms with E-state index in [4.69, 9.17) is 16.6 Å². The maximum absolute atomic E-state index is 12.5. The van der Waals surface area contributed by atoms with Gasteiger partial charge in [0.15, 0.2) is 5.65 Å². The molecule has 6 rings (SSSR count). The number of carbonyl (C=O) groups excluding carboxylic acids is 1. The van der Waals surface area contributed by atoms with E-state index in [0.717, 1.165) is 34.6 Å². The number of hydrogen-bond acceptors (Lipinski definition) is 7. The van der Waals surface area contributed by atoms with Crippen LogP contribution in [0.5, 0.6) is 0 Å². The standard InChI is InChI=1S/C31H30ClN7O2/c32-25-7-5-24(6-8-25)31(41)14-20-38(21-15-31)27-2-1-19-39-28(27)36-30(37-39)35-26-9-3-23(4-10-26)29(40)34-18-13-22-11-16-33-17-12-22/h1-12,16-17,19,41H,13-15,18,20-21H2,(H,34,40)(H,35,37). The van der Waals surface area contributed by atoms with Crippen molar-refractivity contribution in [2.75, 3.05) is 29.9 Å². The van der Waals surface area contributed by atoms with Gasteiger partial charge in [0.2, 0.25) is 5.95 Å². The highest BCUT2D eigenvalue weighted by molar-refractivity contribution is 6.30. The Morgan fingerprint density at radius 3 is 2.44 bits per heavy atom. The van der Waals surface area contributed by atoms with Crippen molar-refractivity contribution in [3.8, 4) is 0 Å². The van der Waals surface area contributed by atoms with Crippen molar-refractivity contribution in [1.82, 2.24) is 24.9 Å². The minimum Gasteiger partial charge on any atom is -0.385 e. The van der Waals surface area contributed by atoms with Crippen molar-refractivity contribution >= 4 is 40.5 Å². The molecule has 5 aromatic rings. The molecule has 0 spiro atoms. The Morgan fingerprint density at radius 2 is 1.71 bits per heavy atom. The Kier molecular flexibility index (Phi) is 7.54. The number of halogens is 1. The van der Waals surface area contributed by atoms with Crippen LogP contribution in [0.25, 0.3) is 5.65 Å². The minimum absolute atomic E-state index is 0.120.